The molecule has 1 aliphatic heterocycles. The highest BCUT2D eigenvalue weighted by Gasteiger charge is 2.19. The second-order valence-electron chi connectivity index (χ2n) is 6.85. The van der Waals surface area contributed by atoms with Gasteiger partial charge in [-0.25, -0.2) is 4.79 Å². The third kappa shape index (κ3) is 3.44. The summed E-state index contributed by atoms with van der Waals surface area (Å²) in [5, 5.41) is 14.0. The lowest BCUT2D eigenvalue weighted by atomic mass is 10.0. The number of anilines is 1. The van der Waals surface area contributed by atoms with E-state index in [1.54, 1.807) is 12.1 Å². The normalized spacial score (nSPS) is 15.5. The molecule has 2 heterocycles. The van der Waals surface area contributed by atoms with Gasteiger partial charge >= 0.3 is 5.97 Å². The number of fused-ring (bicyclic) bond motifs is 1. The topological polar surface area (TPSA) is 68.4 Å². The van der Waals surface area contributed by atoms with E-state index in [-0.39, 0.29) is 0 Å². The molecule has 26 heavy (non-hydrogen) atoms. The first kappa shape index (κ1) is 16.7. The van der Waals surface area contributed by atoms with E-state index in [0.717, 1.165) is 38.2 Å². The maximum absolute atomic E-state index is 11.0. The number of piperidine rings is 1. The molecule has 1 aliphatic rings. The minimum Gasteiger partial charge on any atom is -0.478 e. The number of benzene rings is 2. The van der Waals surface area contributed by atoms with Crippen molar-refractivity contribution >= 4 is 22.6 Å². The maximum atomic E-state index is 11.0. The zero-order valence-corrected chi connectivity index (χ0v) is 14.6. The quantitative estimate of drug-likeness (QED) is 0.658. The van der Waals surface area contributed by atoms with Crippen molar-refractivity contribution in [2.45, 2.75) is 25.4 Å². The number of carboxylic acids is 1. The molecule has 0 aliphatic carbocycles. The molecule has 2 aromatic carbocycles. The fourth-order valence-corrected chi connectivity index (χ4v) is 3.72. The number of aromatic nitrogens is 1. The molecule has 0 atom stereocenters. The minimum atomic E-state index is -0.878. The molecule has 0 bridgehead atoms. The number of H-pyrrole nitrogens is 1. The van der Waals surface area contributed by atoms with Gasteiger partial charge < -0.3 is 20.3 Å². The standard InChI is InChI=1S/C21H23N3O2/c25-21(26)15-4-6-18(7-5-15)24-12-9-17(10-13-24)23-14-16-2-1-3-20-19(16)8-11-22-20/h1-8,11,17,22-23H,9-10,12-14H2,(H,25,26). The number of aromatic carboxylic acids is 1. The van der Waals surface area contributed by atoms with Crippen molar-refractivity contribution in [3.63, 3.8) is 0 Å². The monoisotopic (exact) mass is 349 g/mol. The van der Waals surface area contributed by atoms with E-state index in [9.17, 15) is 4.79 Å². The summed E-state index contributed by atoms with van der Waals surface area (Å²) in [6.45, 7) is 2.85. The number of hydrogen-bond acceptors (Lipinski definition) is 3. The SMILES string of the molecule is O=C(O)c1ccc(N2CCC(NCc3cccc4[nH]ccc34)CC2)cc1. The molecule has 4 rings (SSSR count). The van der Waals surface area contributed by atoms with E-state index in [1.165, 1.54) is 16.5 Å². The second kappa shape index (κ2) is 7.22. The number of nitrogens with zero attached hydrogens (tertiary/aromatic N) is 1. The van der Waals surface area contributed by atoms with Crippen LogP contribution >= 0.6 is 0 Å². The second-order valence-corrected chi connectivity index (χ2v) is 6.85. The minimum absolute atomic E-state index is 0.337. The molecular formula is C21H23N3O2. The van der Waals surface area contributed by atoms with Crippen LogP contribution in [0.4, 0.5) is 5.69 Å². The molecule has 0 spiro atoms. The van der Waals surface area contributed by atoms with Crippen molar-refractivity contribution in [3.8, 4) is 0 Å². The molecule has 134 valence electrons. The predicted molar refractivity (Wildman–Crippen MR) is 104 cm³/mol. The Kier molecular flexibility index (Phi) is 4.63. The van der Waals surface area contributed by atoms with Crippen LogP contribution in [0.15, 0.2) is 54.7 Å². The fraction of sp³-hybridized carbons (Fsp3) is 0.286. The van der Waals surface area contributed by atoms with Crippen LogP contribution in [0.1, 0.15) is 28.8 Å². The fourth-order valence-electron chi connectivity index (χ4n) is 3.72. The van der Waals surface area contributed by atoms with Crippen LogP contribution < -0.4 is 10.2 Å². The molecule has 3 aromatic rings. The summed E-state index contributed by atoms with van der Waals surface area (Å²) in [5.41, 5.74) is 3.95. The van der Waals surface area contributed by atoms with Crippen LogP contribution in [0.25, 0.3) is 10.9 Å². The van der Waals surface area contributed by atoms with Crippen molar-refractivity contribution in [2.75, 3.05) is 18.0 Å². The molecule has 0 saturated carbocycles. The first-order valence-electron chi connectivity index (χ1n) is 9.07. The van der Waals surface area contributed by atoms with Crippen LogP contribution in [-0.2, 0) is 6.54 Å². The van der Waals surface area contributed by atoms with Crippen LogP contribution in [0.2, 0.25) is 0 Å². The third-order valence-electron chi connectivity index (χ3n) is 5.24. The summed E-state index contributed by atoms with van der Waals surface area (Å²) in [6, 6.07) is 16.2. The summed E-state index contributed by atoms with van der Waals surface area (Å²) in [5.74, 6) is -0.878. The van der Waals surface area contributed by atoms with Crippen LogP contribution in [0.5, 0.6) is 0 Å². The Hall–Kier alpha value is -2.79. The molecule has 1 saturated heterocycles. The van der Waals surface area contributed by atoms with Crippen molar-refractivity contribution in [1.29, 1.82) is 0 Å². The average molecular weight is 349 g/mol. The van der Waals surface area contributed by atoms with Gasteiger partial charge in [-0.05, 0) is 54.8 Å². The van der Waals surface area contributed by atoms with E-state index in [4.69, 9.17) is 5.11 Å². The Bertz CT molecular complexity index is 893. The van der Waals surface area contributed by atoms with Gasteiger partial charge in [-0.15, -0.1) is 0 Å². The molecule has 0 radical (unpaired) electrons. The van der Waals surface area contributed by atoms with Crippen molar-refractivity contribution in [2.24, 2.45) is 0 Å². The van der Waals surface area contributed by atoms with Crippen molar-refractivity contribution in [1.82, 2.24) is 10.3 Å². The number of nitrogens with one attached hydrogen (secondary N) is 2. The molecular weight excluding hydrogens is 326 g/mol. The Morgan fingerprint density at radius 2 is 1.88 bits per heavy atom. The van der Waals surface area contributed by atoms with E-state index < -0.39 is 5.97 Å². The third-order valence-corrected chi connectivity index (χ3v) is 5.24. The predicted octanol–water partition coefficient (Wildman–Crippen LogP) is 3.62. The van der Waals surface area contributed by atoms with E-state index in [0.29, 0.717) is 11.6 Å². The van der Waals surface area contributed by atoms with Gasteiger partial charge in [0, 0.05) is 48.5 Å². The summed E-state index contributed by atoms with van der Waals surface area (Å²) in [6.07, 6.45) is 4.16. The first-order chi connectivity index (χ1) is 12.7. The number of rotatable bonds is 5. The summed E-state index contributed by atoms with van der Waals surface area (Å²) in [7, 11) is 0. The van der Waals surface area contributed by atoms with E-state index in [2.05, 4.69) is 39.5 Å². The van der Waals surface area contributed by atoms with Gasteiger partial charge in [0.05, 0.1) is 5.56 Å². The highest BCUT2D eigenvalue weighted by molar-refractivity contribution is 5.88. The molecule has 5 nitrogen and oxygen atoms in total. The zero-order chi connectivity index (χ0) is 17.9. The van der Waals surface area contributed by atoms with Crippen molar-refractivity contribution < 1.29 is 9.90 Å². The molecule has 0 unspecified atom stereocenters. The Morgan fingerprint density at radius 3 is 2.62 bits per heavy atom. The Balaban J connectivity index is 1.32. The van der Waals surface area contributed by atoms with Gasteiger partial charge in [-0.3, -0.25) is 0 Å². The van der Waals surface area contributed by atoms with E-state index >= 15 is 0 Å². The van der Waals surface area contributed by atoms with Crippen LogP contribution in [0.3, 0.4) is 0 Å². The Labute approximate surface area is 152 Å². The lowest BCUT2D eigenvalue weighted by Crippen LogP contribution is -2.42. The maximum Gasteiger partial charge on any atom is 0.335 e. The molecule has 3 N–H and O–H groups in total. The van der Waals surface area contributed by atoms with E-state index in [1.807, 2.05) is 18.3 Å². The smallest absolute Gasteiger partial charge is 0.335 e. The summed E-state index contributed by atoms with van der Waals surface area (Å²) >= 11 is 0. The number of aromatic amines is 1. The molecule has 5 heteroatoms. The van der Waals surface area contributed by atoms with Gasteiger partial charge in [-0.1, -0.05) is 12.1 Å². The highest BCUT2D eigenvalue weighted by atomic mass is 16.4. The average Bonchev–Trinajstić information content (AvgIpc) is 3.16. The van der Waals surface area contributed by atoms with Gasteiger partial charge in [0.1, 0.15) is 0 Å². The van der Waals surface area contributed by atoms with Crippen LogP contribution in [0, 0.1) is 0 Å². The zero-order valence-electron chi connectivity index (χ0n) is 14.6. The van der Waals surface area contributed by atoms with Gasteiger partial charge in [0.15, 0.2) is 0 Å². The van der Waals surface area contributed by atoms with Gasteiger partial charge in [0.2, 0.25) is 0 Å². The Morgan fingerprint density at radius 1 is 1.12 bits per heavy atom. The number of carboxylic acid groups (broad SMARTS) is 1. The summed E-state index contributed by atoms with van der Waals surface area (Å²) in [4.78, 5) is 16.6. The van der Waals surface area contributed by atoms with Crippen molar-refractivity contribution in [3.05, 3.63) is 65.9 Å². The lowest BCUT2D eigenvalue weighted by molar-refractivity contribution is 0.0697. The number of carbonyl (C=O) groups is 1. The van der Waals surface area contributed by atoms with Gasteiger partial charge in [-0.2, -0.15) is 0 Å². The molecule has 1 fully saturated rings. The molecule has 0 amide bonds. The van der Waals surface area contributed by atoms with Gasteiger partial charge in [0.25, 0.3) is 0 Å². The first-order valence-corrected chi connectivity index (χ1v) is 9.07. The number of hydrogen-bond donors (Lipinski definition) is 3. The van der Waals surface area contributed by atoms with Crippen LogP contribution in [-0.4, -0.2) is 35.2 Å². The summed E-state index contributed by atoms with van der Waals surface area (Å²) < 4.78 is 0. The molecule has 1 aromatic heterocycles. The lowest BCUT2D eigenvalue weighted by Gasteiger charge is -2.34. The largest absolute Gasteiger partial charge is 0.478 e. The highest BCUT2D eigenvalue weighted by Crippen LogP contribution is 2.22.